The molecule has 4 heteroatoms. The maximum atomic E-state index is 13.3. The average Bonchev–Trinajstić information content (AvgIpc) is 3.12. The van der Waals surface area contributed by atoms with Crippen molar-refractivity contribution in [2.75, 3.05) is 39.3 Å². The zero-order valence-corrected chi connectivity index (χ0v) is 15.8. The molecular weight excluding hydrogens is 336 g/mol. The number of carbonyl (C=O) groups is 1. The molecule has 142 valence electrons. The number of ether oxygens (including phenoxy) is 1. The number of hydrogen-bond donors (Lipinski definition) is 0. The molecule has 0 radical (unpaired) electrons. The fourth-order valence-electron chi connectivity index (χ4n) is 4.14. The van der Waals surface area contributed by atoms with E-state index in [2.05, 4.69) is 17.0 Å². The Kier molecular flexibility index (Phi) is 5.85. The molecule has 27 heavy (non-hydrogen) atoms. The highest BCUT2D eigenvalue weighted by Crippen LogP contribution is 2.25. The number of hydrogen-bond acceptors (Lipinski definition) is 3. The maximum Gasteiger partial charge on any atom is 0.254 e. The molecule has 2 heterocycles. The molecule has 0 spiro atoms. The van der Waals surface area contributed by atoms with E-state index in [1.54, 1.807) is 0 Å². The molecule has 0 bridgehead atoms. The van der Waals surface area contributed by atoms with Gasteiger partial charge in [-0.3, -0.25) is 9.69 Å². The van der Waals surface area contributed by atoms with Crippen molar-refractivity contribution in [2.24, 2.45) is 0 Å². The van der Waals surface area contributed by atoms with Crippen molar-refractivity contribution in [1.29, 1.82) is 0 Å². The molecule has 1 amide bonds. The first-order valence-electron chi connectivity index (χ1n) is 10.1. The maximum absolute atomic E-state index is 13.3. The van der Waals surface area contributed by atoms with Gasteiger partial charge in [-0.2, -0.15) is 0 Å². The van der Waals surface area contributed by atoms with Gasteiger partial charge in [0, 0.05) is 38.3 Å². The molecule has 2 aliphatic rings. The lowest BCUT2D eigenvalue weighted by molar-refractivity contribution is 0.0704. The second-order valence-electron chi connectivity index (χ2n) is 7.49. The van der Waals surface area contributed by atoms with Crippen molar-refractivity contribution in [1.82, 2.24) is 9.80 Å². The summed E-state index contributed by atoms with van der Waals surface area (Å²) in [7, 11) is 0. The predicted molar refractivity (Wildman–Crippen MR) is 108 cm³/mol. The van der Waals surface area contributed by atoms with Crippen LogP contribution in [0.5, 0.6) is 0 Å². The molecule has 0 unspecified atom stereocenters. The summed E-state index contributed by atoms with van der Waals surface area (Å²) in [4.78, 5) is 17.8. The fraction of sp³-hybridized carbons (Fsp3) is 0.435. The Morgan fingerprint density at radius 3 is 2.56 bits per heavy atom. The van der Waals surface area contributed by atoms with Gasteiger partial charge in [0.25, 0.3) is 5.91 Å². The van der Waals surface area contributed by atoms with Crippen LogP contribution in [0.2, 0.25) is 0 Å². The van der Waals surface area contributed by atoms with Gasteiger partial charge in [0.1, 0.15) is 0 Å². The highest BCUT2D eigenvalue weighted by molar-refractivity contribution is 6.00. The number of nitrogens with zero attached hydrogens (tertiary/aromatic N) is 2. The Balaban J connectivity index is 1.45. The van der Waals surface area contributed by atoms with E-state index in [-0.39, 0.29) is 5.91 Å². The molecular formula is C23H28N2O2. The van der Waals surface area contributed by atoms with Crippen LogP contribution in [0, 0.1) is 0 Å². The van der Waals surface area contributed by atoms with Gasteiger partial charge in [-0.1, -0.05) is 48.5 Å². The zero-order chi connectivity index (χ0) is 18.5. The number of benzene rings is 2. The number of rotatable bonds is 4. The summed E-state index contributed by atoms with van der Waals surface area (Å²) in [6, 6.07) is 18.1. The Morgan fingerprint density at radius 2 is 1.74 bits per heavy atom. The first-order chi connectivity index (χ1) is 13.3. The molecule has 0 N–H and O–H groups in total. The molecule has 2 fully saturated rings. The molecule has 4 nitrogen and oxygen atoms in total. The summed E-state index contributed by atoms with van der Waals surface area (Å²) in [6.07, 6.45) is 3.75. The zero-order valence-electron chi connectivity index (χ0n) is 15.8. The molecule has 0 saturated carbocycles. The first-order valence-corrected chi connectivity index (χ1v) is 10.1. The number of amides is 1. The minimum absolute atomic E-state index is 0.147. The van der Waals surface area contributed by atoms with Gasteiger partial charge in [-0.05, 0) is 43.0 Å². The van der Waals surface area contributed by atoms with Crippen LogP contribution in [0.25, 0.3) is 11.1 Å². The third-order valence-electron chi connectivity index (χ3n) is 5.60. The first kappa shape index (κ1) is 18.2. The highest BCUT2D eigenvalue weighted by Gasteiger charge is 2.25. The standard InChI is InChI=1S/C23H28N2O2/c26-23(22-12-5-4-11-21(22)19-8-2-1-3-9-19)25-14-7-13-24(15-16-25)18-20-10-6-17-27-20/h1-5,8-9,11-12,20H,6-7,10,13-18H2/t20-/m0/s1. The van der Waals surface area contributed by atoms with Crippen LogP contribution in [0.15, 0.2) is 54.6 Å². The van der Waals surface area contributed by atoms with E-state index in [0.29, 0.717) is 6.10 Å². The van der Waals surface area contributed by atoms with Crippen LogP contribution in [0.1, 0.15) is 29.6 Å². The van der Waals surface area contributed by atoms with Gasteiger partial charge < -0.3 is 9.64 Å². The third kappa shape index (κ3) is 4.40. The molecule has 1 atom stereocenters. The monoisotopic (exact) mass is 364 g/mol. The Bertz CT molecular complexity index is 756. The quantitative estimate of drug-likeness (QED) is 0.830. The van der Waals surface area contributed by atoms with Gasteiger partial charge in [0.15, 0.2) is 0 Å². The number of carbonyl (C=O) groups excluding carboxylic acids is 1. The largest absolute Gasteiger partial charge is 0.377 e. The van der Waals surface area contributed by atoms with E-state index in [4.69, 9.17) is 4.74 Å². The van der Waals surface area contributed by atoms with Crippen molar-refractivity contribution in [3.63, 3.8) is 0 Å². The second-order valence-corrected chi connectivity index (χ2v) is 7.49. The molecule has 2 saturated heterocycles. The van der Waals surface area contributed by atoms with E-state index in [9.17, 15) is 4.79 Å². The molecule has 0 aliphatic carbocycles. The fourth-order valence-corrected chi connectivity index (χ4v) is 4.14. The SMILES string of the molecule is O=C(c1ccccc1-c1ccccc1)N1CCCN(C[C@@H]2CCCO2)CC1. The van der Waals surface area contributed by atoms with E-state index in [1.807, 2.05) is 47.4 Å². The van der Waals surface area contributed by atoms with Crippen LogP contribution < -0.4 is 0 Å². The van der Waals surface area contributed by atoms with Crippen LogP contribution in [0.3, 0.4) is 0 Å². The molecule has 2 aliphatic heterocycles. The molecule has 2 aromatic carbocycles. The third-order valence-corrected chi connectivity index (χ3v) is 5.60. The molecule has 2 aromatic rings. The van der Waals surface area contributed by atoms with Gasteiger partial charge in [0.05, 0.1) is 6.10 Å². The van der Waals surface area contributed by atoms with E-state index in [1.165, 1.54) is 12.8 Å². The van der Waals surface area contributed by atoms with E-state index < -0.39 is 0 Å². The lowest BCUT2D eigenvalue weighted by atomic mass is 9.99. The topological polar surface area (TPSA) is 32.8 Å². The predicted octanol–water partition coefficient (Wildman–Crippen LogP) is 3.68. The van der Waals surface area contributed by atoms with E-state index >= 15 is 0 Å². The van der Waals surface area contributed by atoms with Crippen LogP contribution in [-0.4, -0.2) is 61.1 Å². The second kappa shape index (κ2) is 8.68. The lowest BCUT2D eigenvalue weighted by Crippen LogP contribution is -2.37. The normalized spacial score (nSPS) is 21.2. The van der Waals surface area contributed by atoms with E-state index in [0.717, 1.165) is 62.4 Å². The summed E-state index contributed by atoms with van der Waals surface area (Å²) in [5.41, 5.74) is 2.91. The highest BCUT2D eigenvalue weighted by atomic mass is 16.5. The van der Waals surface area contributed by atoms with Gasteiger partial charge in [-0.25, -0.2) is 0 Å². The summed E-state index contributed by atoms with van der Waals surface area (Å²) >= 11 is 0. The van der Waals surface area contributed by atoms with Gasteiger partial charge in [-0.15, -0.1) is 0 Å². The van der Waals surface area contributed by atoms with Crippen LogP contribution in [-0.2, 0) is 4.74 Å². The van der Waals surface area contributed by atoms with Crippen molar-refractivity contribution in [3.05, 3.63) is 60.2 Å². The smallest absolute Gasteiger partial charge is 0.254 e. The average molecular weight is 364 g/mol. The van der Waals surface area contributed by atoms with Crippen LogP contribution >= 0.6 is 0 Å². The van der Waals surface area contributed by atoms with Crippen molar-refractivity contribution < 1.29 is 9.53 Å². The van der Waals surface area contributed by atoms with Crippen molar-refractivity contribution in [2.45, 2.75) is 25.4 Å². The minimum atomic E-state index is 0.147. The summed E-state index contributed by atoms with van der Waals surface area (Å²) in [5, 5.41) is 0. The van der Waals surface area contributed by atoms with Crippen molar-refractivity contribution >= 4 is 5.91 Å². The Morgan fingerprint density at radius 1 is 0.926 bits per heavy atom. The van der Waals surface area contributed by atoms with Crippen molar-refractivity contribution in [3.8, 4) is 11.1 Å². The molecule has 0 aromatic heterocycles. The summed E-state index contributed by atoms with van der Waals surface area (Å²) in [5.74, 6) is 0.147. The van der Waals surface area contributed by atoms with Gasteiger partial charge in [0.2, 0.25) is 0 Å². The minimum Gasteiger partial charge on any atom is -0.377 e. The summed E-state index contributed by atoms with van der Waals surface area (Å²) < 4.78 is 5.78. The van der Waals surface area contributed by atoms with Crippen LogP contribution in [0.4, 0.5) is 0 Å². The van der Waals surface area contributed by atoms with Gasteiger partial charge >= 0.3 is 0 Å². The Labute approximate surface area is 161 Å². The lowest BCUT2D eigenvalue weighted by Gasteiger charge is -2.24. The molecule has 4 rings (SSSR count). The summed E-state index contributed by atoms with van der Waals surface area (Å²) in [6.45, 7) is 5.49. The Hall–Kier alpha value is -2.17.